The van der Waals surface area contributed by atoms with Crippen LogP contribution in [0.4, 0.5) is 0 Å². The first-order valence-electron chi connectivity index (χ1n) is 7.09. The van der Waals surface area contributed by atoms with E-state index < -0.39 is 0 Å². The molecule has 0 spiro atoms. The number of amides is 2. The molecule has 1 fully saturated rings. The van der Waals surface area contributed by atoms with Crippen molar-refractivity contribution < 1.29 is 9.59 Å². The highest BCUT2D eigenvalue weighted by molar-refractivity contribution is 7.07. The van der Waals surface area contributed by atoms with Crippen molar-refractivity contribution in [2.24, 2.45) is 5.92 Å². The topological polar surface area (TPSA) is 75.2 Å². The second kappa shape index (κ2) is 6.65. The normalized spacial score (nSPS) is 17.7. The molecule has 1 unspecified atom stereocenters. The van der Waals surface area contributed by atoms with Crippen LogP contribution in [0.25, 0.3) is 0 Å². The number of aromatic nitrogens is 2. The van der Waals surface area contributed by atoms with Gasteiger partial charge in [0, 0.05) is 32.0 Å². The highest BCUT2D eigenvalue weighted by Crippen LogP contribution is 2.19. The van der Waals surface area contributed by atoms with E-state index in [1.54, 1.807) is 0 Å². The van der Waals surface area contributed by atoms with E-state index in [4.69, 9.17) is 0 Å². The zero-order valence-corrected chi connectivity index (χ0v) is 12.8. The smallest absolute Gasteiger partial charge is 0.264 e. The molecule has 1 saturated heterocycles. The lowest BCUT2D eigenvalue weighted by Crippen LogP contribution is -2.30. The highest BCUT2D eigenvalue weighted by Gasteiger charge is 2.29. The summed E-state index contributed by atoms with van der Waals surface area (Å²) in [7, 11) is 0. The maximum Gasteiger partial charge on any atom is 0.264 e. The number of carbonyl (C=O) groups excluding carboxylic acids is 2. The van der Waals surface area contributed by atoms with Gasteiger partial charge in [-0.25, -0.2) is 0 Å². The lowest BCUT2D eigenvalue weighted by molar-refractivity contribution is -0.128. The Morgan fingerprint density at radius 3 is 2.91 bits per heavy atom. The largest absolute Gasteiger partial charge is 0.351 e. The molecule has 0 saturated carbocycles. The molecule has 1 aromatic heterocycles. The molecule has 0 bridgehead atoms. The van der Waals surface area contributed by atoms with Crippen LogP contribution in [0.15, 0.2) is 36.5 Å². The summed E-state index contributed by atoms with van der Waals surface area (Å²) in [5.74, 6) is 0.118. The van der Waals surface area contributed by atoms with Crippen molar-refractivity contribution in [1.29, 1.82) is 0 Å². The van der Waals surface area contributed by atoms with E-state index >= 15 is 0 Å². The van der Waals surface area contributed by atoms with Gasteiger partial charge in [-0.3, -0.25) is 9.59 Å². The second-order valence-corrected chi connectivity index (χ2v) is 6.11. The van der Waals surface area contributed by atoms with Gasteiger partial charge in [-0.1, -0.05) is 34.8 Å². The second-order valence-electron chi connectivity index (χ2n) is 5.32. The zero-order chi connectivity index (χ0) is 15.4. The van der Waals surface area contributed by atoms with Crippen LogP contribution in [-0.4, -0.2) is 39.4 Å². The molecule has 2 amide bonds. The van der Waals surface area contributed by atoms with Gasteiger partial charge in [0.15, 0.2) is 0 Å². The Labute approximate surface area is 132 Å². The summed E-state index contributed by atoms with van der Waals surface area (Å²) in [4.78, 5) is 26.2. The Balaban J connectivity index is 1.50. The monoisotopic (exact) mass is 316 g/mol. The lowest BCUT2D eigenvalue weighted by atomic mass is 10.1. The third kappa shape index (κ3) is 3.48. The molecular weight excluding hydrogens is 300 g/mol. The predicted octanol–water partition coefficient (Wildman–Crippen LogP) is 1.32. The maximum absolute atomic E-state index is 12.1. The number of hydrogen-bond acceptors (Lipinski definition) is 5. The van der Waals surface area contributed by atoms with E-state index in [0.29, 0.717) is 30.9 Å². The van der Waals surface area contributed by atoms with E-state index in [2.05, 4.69) is 14.9 Å². The number of carbonyl (C=O) groups is 2. The van der Waals surface area contributed by atoms with Gasteiger partial charge in [-0.05, 0) is 17.1 Å². The quantitative estimate of drug-likeness (QED) is 0.902. The maximum atomic E-state index is 12.1. The van der Waals surface area contributed by atoms with Crippen molar-refractivity contribution >= 4 is 23.3 Å². The van der Waals surface area contributed by atoms with Gasteiger partial charge in [0.2, 0.25) is 5.91 Å². The molecule has 0 radical (unpaired) electrons. The van der Waals surface area contributed by atoms with Gasteiger partial charge in [0.05, 0.1) is 6.20 Å². The Bertz CT molecular complexity index is 645. The molecule has 7 heteroatoms. The Hall–Kier alpha value is -2.28. The molecule has 1 aromatic carbocycles. The first kappa shape index (κ1) is 14.6. The Morgan fingerprint density at radius 1 is 1.36 bits per heavy atom. The third-order valence-electron chi connectivity index (χ3n) is 3.65. The van der Waals surface area contributed by atoms with Crippen LogP contribution in [0.5, 0.6) is 0 Å². The molecule has 1 aliphatic heterocycles. The van der Waals surface area contributed by atoms with Crippen LogP contribution < -0.4 is 5.32 Å². The van der Waals surface area contributed by atoms with E-state index in [1.807, 2.05) is 35.2 Å². The molecular formula is C15H16N4O2S. The number of nitrogens with zero attached hydrogens (tertiary/aromatic N) is 3. The predicted molar refractivity (Wildman–Crippen MR) is 82.2 cm³/mol. The molecule has 2 aromatic rings. The molecule has 0 aliphatic carbocycles. The Morgan fingerprint density at radius 2 is 2.18 bits per heavy atom. The molecule has 1 atom stereocenters. The van der Waals surface area contributed by atoms with Crippen LogP contribution >= 0.6 is 11.5 Å². The number of rotatable bonds is 5. The zero-order valence-electron chi connectivity index (χ0n) is 11.9. The molecule has 1 aliphatic rings. The van der Waals surface area contributed by atoms with Gasteiger partial charge < -0.3 is 10.2 Å². The van der Waals surface area contributed by atoms with E-state index in [9.17, 15) is 9.59 Å². The van der Waals surface area contributed by atoms with Crippen molar-refractivity contribution in [3.8, 4) is 0 Å². The number of benzene rings is 1. The summed E-state index contributed by atoms with van der Waals surface area (Å²) in [6, 6.07) is 9.92. The van der Waals surface area contributed by atoms with Crippen LogP contribution in [0.2, 0.25) is 0 Å². The lowest BCUT2D eigenvalue weighted by Gasteiger charge is -2.16. The van der Waals surface area contributed by atoms with E-state index in [0.717, 1.165) is 17.1 Å². The SMILES string of the molecule is O=C(NCC1CC(=O)N(Cc2ccccc2)C1)c1cnns1. The summed E-state index contributed by atoms with van der Waals surface area (Å²) in [6.07, 6.45) is 1.93. The fraction of sp³-hybridized carbons (Fsp3) is 0.333. The van der Waals surface area contributed by atoms with E-state index in [-0.39, 0.29) is 17.7 Å². The summed E-state index contributed by atoms with van der Waals surface area (Å²) in [6.45, 7) is 1.80. The fourth-order valence-corrected chi connectivity index (χ4v) is 2.97. The van der Waals surface area contributed by atoms with Crippen molar-refractivity contribution in [1.82, 2.24) is 19.8 Å². The molecule has 2 heterocycles. The number of hydrogen-bond donors (Lipinski definition) is 1. The molecule has 6 nitrogen and oxygen atoms in total. The van der Waals surface area contributed by atoms with Gasteiger partial charge in [-0.15, -0.1) is 5.10 Å². The average molecular weight is 316 g/mol. The van der Waals surface area contributed by atoms with Gasteiger partial charge in [-0.2, -0.15) is 0 Å². The minimum atomic E-state index is -0.177. The highest BCUT2D eigenvalue weighted by atomic mass is 32.1. The first-order valence-corrected chi connectivity index (χ1v) is 7.87. The van der Waals surface area contributed by atoms with E-state index in [1.165, 1.54) is 6.20 Å². The molecule has 3 rings (SSSR count). The van der Waals surface area contributed by atoms with Crippen molar-refractivity contribution in [3.63, 3.8) is 0 Å². The van der Waals surface area contributed by atoms with Crippen molar-refractivity contribution in [2.45, 2.75) is 13.0 Å². The summed E-state index contributed by atoms with van der Waals surface area (Å²) >= 11 is 1.07. The standard InChI is InChI=1S/C15H16N4O2S/c20-14-6-12(7-16-15(21)13-8-17-18-22-13)10-19(14)9-11-4-2-1-3-5-11/h1-5,8,12H,6-7,9-10H2,(H,16,21). The van der Waals surface area contributed by atoms with Crippen molar-refractivity contribution in [3.05, 3.63) is 47.0 Å². The van der Waals surface area contributed by atoms with Crippen LogP contribution in [0, 0.1) is 5.92 Å². The minimum Gasteiger partial charge on any atom is -0.351 e. The molecule has 114 valence electrons. The van der Waals surface area contributed by atoms with Crippen LogP contribution in [-0.2, 0) is 11.3 Å². The van der Waals surface area contributed by atoms with Gasteiger partial charge >= 0.3 is 0 Å². The first-order chi connectivity index (χ1) is 10.7. The fourth-order valence-electron chi connectivity index (χ4n) is 2.54. The van der Waals surface area contributed by atoms with Gasteiger partial charge in [0.25, 0.3) is 5.91 Å². The number of likely N-dealkylation sites (tertiary alicyclic amines) is 1. The van der Waals surface area contributed by atoms with Gasteiger partial charge in [0.1, 0.15) is 4.88 Å². The average Bonchev–Trinajstić information content (AvgIpc) is 3.17. The third-order valence-corrected chi connectivity index (χ3v) is 4.31. The summed E-state index contributed by atoms with van der Waals surface area (Å²) < 4.78 is 3.66. The summed E-state index contributed by atoms with van der Waals surface area (Å²) in [5, 5.41) is 6.48. The minimum absolute atomic E-state index is 0.141. The van der Waals surface area contributed by atoms with Crippen LogP contribution in [0.1, 0.15) is 21.7 Å². The number of nitrogens with one attached hydrogen (secondary N) is 1. The summed E-state index contributed by atoms with van der Waals surface area (Å²) in [5.41, 5.74) is 1.12. The van der Waals surface area contributed by atoms with Crippen LogP contribution in [0.3, 0.4) is 0 Å². The molecule has 22 heavy (non-hydrogen) atoms. The van der Waals surface area contributed by atoms with Crippen molar-refractivity contribution in [2.75, 3.05) is 13.1 Å². The molecule has 1 N–H and O–H groups in total. The Kier molecular flexibility index (Phi) is 4.43.